The quantitative estimate of drug-likeness (QED) is 0.419. The zero-order chi connectivity index (χ0) is 26.2. The number of benzene rings is 1. The van der Waals surface area contributed by atoms with Crippen LogP contribution in [0.1, 0.15) is 82.0 Å². The Morgan fingerprint density at radius 3 is 2.49 bits per heavy atom. The molecule has 0 bridgehead atoms. The number of hydrogen-bond acceptors (Lipinski definition) is 5. The van der Waals surface area contributed by atoms with Crippen LogP contribution in [-0.2, 0) is 11.3 Å². The fraction of sp³-hybridized carbons (Fsp3) is 0.567. The van der Waals surface area contributed by atoms with Crippen molar-refractivity contribution in [2.24, 2.45) is 5.92 Å². The van der Waals surface area contributed by atoms with Crippen molar-refractivity contribution in [3.8, 4) is 0 Å². The fourth-order valence-electron chi connectivity index (χ4n) is 6.04. The highest BCUT2D eigenvalue weighted by molar-refractivity contribution is 5.76. The number of likely N-dealkylation sites (tertiary alicyclic amines) is 2. The molecular weight excluding hydrogens is 462 g/mol. The number of ether oxygens (including phenoxy) is 1. The van der Waals surface area contributed by atoms with Crippen LogP contribution in [0.5, 0.6) is 0 Å². The lowest BCUT2D eigenvalue weighted by Gasteiger charge is -2.40. The van der Waals surface area contributed by atoms with Gasteiger partial charge in [0.05, 0.1) is 28.8 Å². The molecule has 7 heteroatoms. The molecule has 2 unspecified atom stereocenters. The minimum atomic E-state index is -0.462. The molecule has 5 rings (SSSR count). The lowest BCUT2D eigenvalue weighted by molar-refractivity contribution is 0.0177. The number of rotatable bonds is 4. The van der Waals surface area contributed by atoms with Crippen LogP contribution in [0.25, 0.3) is 11.0 Å². The standard InChI is InChI=1S/C30H41N5O2/c1-21-10-9-17-31-27(21)25-13-8-14-26(33(25)5)28-32-23-11-6-7-12-24(23)35(28)20-22-15-18-34(19-16-22)29(36)37-30(2,3)4/h6-7,9-12,17,22,25-26H,8,13-16,18-20H2,1-5H3. The van der Waals surface area contributed by atoms with Crippen molar-refractivity contribution in [1.29, 1.82) is 0 Å². The number of piperidine rings is 2. The Bertz CT molecular complexity index is 1240. The SMILES string of the molecule is Cc1cccnc1C1CCCC(c2nc3ccccc3n2CC2CCN(C(=O)OC(C)(C)C)CC2)N1C. The highest BCUT2D eigenvalue weighted by atomic mass is 16.6. The van der Waals surface area contributed by atoms with Crippen LogP contribution in [0.4, 0.5) is 4.79 Å². The van der Waals surface area contributed by atoms with E-state index in [0.717, 1.165) is 63.1 Å². The van der Waals surface area contributed by atoms with Crippen molar-refractivity contribution in [3.63, 3.8) is 0 Å². The third-order valence-corrected chi connectivity index (χ3v) is 7.99. The molecule has 1 amide bonds. The number of aromatic nitrogens is 3. The highest BCUT2D eigenvalue weighted by Gasteiger charge is 2.35. The molecule has 7 nitrogen and oxygen atoms in total. The maximum atomic E-state index is 12.6. The van der Waals surface area contributed by atoms with Crippen LogP contribution in [0.2, 0.25) is 0 Å². The first-order chi connectivity index (χ1) is 17.7. The molecule has 0 saturated carbocycles. The highest BCUT2D eigenvalue weighted by Crippen LogP contribution is 2.41. The van der Waals surface area contributed by atoms with Crippen LogP contribution in [0, 0.1) is 12.8 Å². The Hall–Kier alpha value is -2.93. The molecule has 2 atom stereocenters. The second-order valence-corrected chi connectivity index (χ2v) is 11.8. The summed E-state index contributed by atoms with van der Waals surface area (Å²) >= 11 is 0. The van der Waals surface area contributed by atoms with Crippen LogP contribution >= 0.6 is 0 Å². The molecule has 0 radical (unpaired) electrons. The van der Waals surface area contributed by atoms with Gasteiger partial charge in [0.1, 0.15) is 11.4 Å². The number of fused-ring (bicyclic) bond motifs is 1. The largest absolute Gasteiger partial charge is 0.444 e. The molecule has 3 aromatic rings. The summed E-state index contributed by atoms with van der Waals surface area (Å²) in [4.78, 5) is 26.9. The van der Waals surface area contributed by atoms with Crippen molar-refractivity contribution in [3.05, 3.63) is 59.7 Å². The van der Waals surface area contributed by atoms with Crippen molar-refractivity contribution < 1.29 is 9.53 Å². The van der Waals surface area contributed by atoms with Gasteiger partial charge < -0.3 is 14.2 Å². The third kappa shape index (κ3) is 5.52. The Balaban J connectivity index is 1.37. The normalized spacial score (nSPS) is 21.9. The van der Waals surface area contributed by atoms with Crippen molar-refractivity contribution in [2.75, 3.05) is 20.1 Å². The van der Waals surface area contributed by atoms with E-state index in [-0.39, 0.29) is 12.1 Å². The van der Waals surface area contributed by atoms with E-state index < -0.39 is 5.60 Å². The van der Waals surface area contributed by atoms with Gasteiger partial charge in [-0.25, -0.2) is 9.78 Å². The van der Waals surface area contributed by atoms with Gasteiger partial charge in [0, 0.05) is 25.8 Å². The van der Waals surface area contributed by atoms with Gasteiger partial charge in [0.2, 0.25) is 0 Å². The van der Waals surface area contributed by atoms with E-state index in [0.29, 0.717) is 12.0 Å². The molecule has 2 aliphatic heterocycles. The summed E-state index contributed by atoms with van der Waals surface area (Å²) in [5.74, 6) is 1.66. The van der Waals surface area contributed by atoms with E-state index in [1.807, 2.05) is 37.9 Å². The summed E-state index contributed by atoms with van der Waals surface area (Å²) in [7, 11) is 2.24. The Morgan fingerprint density at radius 1 is 1.03 bits per heavy atom. The number of imidazole rings is 1. The number of hydrogen-bond donors (Lipinski definition) is 0. The van der Waals surface area contributed by atoms with Crippen LogP contribution < -0.4 is 0 Å². The number of aryl methyl sites for hydroxylation is 1. The second kappa shape index (κ2) is 10.4. The van der Waals surface area contributed by atoms with Crippen LogP contribution in [-0.4, -0.2) is 56.2 Å². The summed E-state index contributed by atoms with van der Waals surface area (Å²) in [5.41, 5.74) is 4.25. The lowest BCUT2D eigenvalue weighted by atomic mass is 9.91. The molecule has 198 valence electrons. The van der Waals surface area contributed by atoms with Gasteiger partial charge in [-0.2, -0.15) is 0 Å². The number of nitrogens with zero attached hydrogens (tertiary/aromatic N) is 5. The smallest absolute Gasteiger partial charge is 0.410 e. The Kier molecular flexibility index (Phi) is 7.26. The van der Waals surface area contributed by atoms with E-state index in [1.165, 1.54) is 16.8 Å². The zero-order valence-electron chi connectivity index (χ0n) is 23.0. The molecule has 2 saturated heterocycles. The molecule has 2 aromatic heterocycles. The summed E-state index contributed by atoms with van der Waals surface area (Å²) in [6.07, 6.45) is 7.04. The molecule has 2 aliphatic rings. The fourth-order valence-corrected chi connectivity index (χ4v) is 6.04. The van der Waals surface area contributed by atoms with Crippen molar-refractivity contribution >= 4 is 17.1 Å². The number of carbonyl (C=O) groups is 1. The van der Waals surface area contributed by atoms with Crippen molar-refractivity contribution in [2.45, 2.75) is 84.0 Å². The molecule has 37 heavy (non-hydrogen) atoms. The average molecular weight is 504 g/mol. The number of pyridine rings is 1. The number of amides is 1. The maximum absolute atomic E-state index is 12.6. The number of carbonyl (C=O) groups excluding carboxylic acids is 1. The van der Waals surface area contributed by atoms with Gasteiger partial charge in [0.15, 0.2) is 0 Å². The van der Waals surface area contributed by atoms with Gasteiger partial charge in [-0.1, -0.05) is 18.2 Å². The minimum absolute atomic E-state index is 0.195. The minimum Gasteiger partial charge on any atom is -0.444 e. The topological polar surface area (TPSA) is 63.5 Å². The average Bonchev–Trinajstić information content (AvgIpc) is 3.22. The summed E-state index contributed by atoms with van der Waals surface area (Å²) in [5, 5.41) is 0. The van der Waals surface area contributed by atoms with Crippen molar-refractivity contribution in [1.82, 2.24) is 24.3 Å². The number of para-hydroxylation sites is 2. The van der Waals surface area contributed by atoms with Crippen LogP contribution in [0.15, 0.2) is 42.6 Å². The first kappa shape index (κ1) is 25.7. The van der Waals surface area contributed by atoms with Gasteiger partial charge in [0.25, 0.3) is 0 Å². The predicted molar refractivity (Wildman–Crippen MR) is 146 cm³/mol. The van der Waals surface area contributed by atoms with E-state index in [1.54, 1.807) is 0 Å². The van der Waals surface area contributed by atoms with Gasteiger partial charge >= 0.3 is 6.09 Å². The van der Waals surface area contributed by atoms with Gasteiger partial charge in [-0.15, -0.1) is 0 Å². The zero-order valence-corrected chi connectivity index (χ0v) is 23.0. The summed E-state index contributed by atoms with van der Waals surface area (Å²) in [6, 6.07) is 13.2. The Morgan fingerprint density at radius 2 is 1.76 bits per heavy atom. The molecule has 0 N–H and O–H groups in total. The van der Waals surface area contributed by atoms with E-state index in [9.17, 15) is 4.79 Å². The molecule has 1 aromatic carbocycles. The van der Waals surface area contributed by atoms with Crippen LogP contribution in [0.3, 0.4) is 0 Å². The summed E-state index contributed by atoms with van der Waals surface area (Å²) in [6.45, 7) is 10.3. The molecule has 0 spiro atoms. The summed E-state index contributed by atoms with van der Waals surface area (Å²) < 4.78 is 8.07. The van der Waals surface area contributed by atoms with Gasteiger partial charge in [-0.3, -0.25) is 9.88 Å². The maximum Gasteiger partial charge on any atom is 0.410 e. The predicted octanol–water partition coefficient (Wildman–Crippen LogP) is 6.28. The van der Waals surface area contributed by atoms with Gasteiger partial charge in [-0.05, 0) is 96.5 Å². The molecule has 4 heterocycles. The van der Waals surface area contributed by atoms with E-state index in [4.69, 9.17) is 14.7 Å². The first-order valence-corrected chi connectivity index (χ1v) is 13.8. The monoisotopic (exact) mass is 503 g/mol. The first-order valence-electron chi connectivity index (χ1n) is 13.8. The lowest BCUT2D eigenvalue weighted by Crippen LogP contribution is -2.42. The Labute approximate surface area is 220 Å². The van der Waals surface area contributed by atoms with E-state index >= 15 is 0 Å². The second-order valence-electron chi connectivity index (χ2n) is 11.8. The molecule has 2 fully saturated rings. The van der Waals surface area contributed by atoms with E-state index in [2.05, 4.69) is 53.8 Å². The molecular formula is C30H41N5O2. The molecule has 0 aliphatic carbocycles. The third-order valence-electron chi connectivity index (χ3n) is 7.99.